The third-order valence-corrected chi connectivity index (χ3v) is 6.28. The SMILES string of the molecule is COc1cccc(C2(OC(=O)NC(=O)CC(CN)CC(C)C)CCCCC2CN(C)C)c1. The van der Waals surface area contributed by atoms with Gasteiger partial charge in [0.15, 0.2) is 0 Å². The van der Waals surface area contributed by atoms with Gasteiger partial charge in [-0.15, -0.1) is 0 Å². The number of ether oxygens (including phenoxy) is 2. The summed E-state index contributed by atoms with van der Waals surface area (Å²) < 4.78 is 11.6. The molecule has 7 heteroatoms. The second-order valence-corrected chi connectivity index (χ2v) is 9.70. The number of nitrogens with one attached hydrogen (secondary N) is 1. The van der Waals surface area contributed by atoms with E-state index in [-0.39, 0.29) is 24.2 Å². The monoisotopic (exact) mass is 447 g/mol. The van der Waals surface area contributed by atoms with Gasteiger partial charge in [0.2, 0.25) is 5.91 Å². The van der Waals surface area contributed by atoms with Crippen molar-refractivity contribution in [3.63, 3.8) is 0 Å². The molecule has 32 heavy (non-hydrogen) atoms. The second kappa shape index (κ2) is 12.2. The van der Waals surface area contributed by atoms with Gasteiger partial charge in [-0.3, -0.25) is 10.1 Å². The quantitative estimate of drug-likeness (QED) is 0.565. The number of methoxy groups -OCH3 is 1. The van der Waals surface area contributed by atoms with Gasteiger partial charge in [0, 0.05) is 18.9 Å². The fourth-order valence-electron chi connectivity index (χ4n) is 4.90. The number of nitrogens with zero attached hydrogens (tertiary/aromatic N) is 1. The molecule has 0 saturated heterocycles. The molecule has 1 saturated carbocycles. The predicted molar refractivity (Wildman–Crippen MR) is 126 cm³/mol. The van der Waals surface area contributed by atoms with E-state index in [0.29, 0.717) is 18.9 Å². The van der Waals surface area contributed by atoms with Crippen LogP contribution in [0.2, 0.25) is 0 Å². The molecule has 180 valence electrons. The van der Waals surface area contributed by atoms with Crippen LogP contribution in [0.25, 0.3) is 0 Å². The van der Waals surface area contributed by atoms with Crippen LogP contribution in [0.3, 0.4) is 0 Å². The highest BCUT2D eigenvalue weighted by Gasteiger charge is 2.46. The maximum Gasteiger partial charge on any atom is 0.414 e. The Kier molecular flexibility index (Phi) is 9.97. The zero-order chi connectivity index (χ0) is 23.7. The molecule has 2 rings (SSSR count). The van der Waals surface area contributed by atoms with Crippen molar-refractivity contribution >= 4 is 12.0 Å². The van der Waals surface area contributed by atoms with Gasteiger partial charge in [-0.2, -0.15) is 0 Å². The summed E-state index contributed by atoms with van der Waals surface area (Å²) in [4.78, 5) is 27.6. The van der Waals surface area contributed by atoms with Crippen molar-refractivity contribution in [1.82, 2.24) is 10.2 Å². The minimum Gasteiger partial charge on any atom is -0.497 e. The van der Waals surface area contributed by atoms with Gasteiger partial charge in [0.1, 0.15) is 11.4 Å². The first-order chi connectivity index (χ1) is 15.2. The number of hydrogen-bond acceptors (Lipinski definition) is 6. The van der Waals surface area contributed by atoms with E-state index in [1.165, 1.54) is 0 Å². The average Bonchev–Trinajstić information content (AvgIpc) is 2.73. The van der Waals surface area contributed by atoms with Crippen LogP contribution in [-0.2, 0) is 15.1 Å². The Morgan fingerprint density at radius 3 is 2.66 bits per heavy atom. The summed E-state index contributed by atoms with van der Waals surface area (Å²) in [5.41, 5.74) is 5.92. The lowest BCUT2D eigenvalue weighted by Gasteiger charge is -2.44. The summed E-state index contributed by atoms with van der Waals surface area (Å²) in [6, 6.07) is 7.72. The Hall–Kier alpha value is -2.12. The second-order valence-electron chi connectivity index (χ2n) is 9.70. The number of alkyl carbamates (subject to hydrolysis) is 1. The molecule has 0 spiro atoms. The topological polar surface area (TPSA) is 93.9 Å². The van der Waals surface area contributed by atoms with Crippen molar-refractivity contribution < 1.29 is 19.1 Å². The van der Waals surface area contributed by atoms with Crippen LogP contribution in [0, 0.1) is 17.8 Å². The molecule has 1 aliphatic carbocycles. The molecular weight excluding hydrogens is 406 g/mol. The van der Waals surface area contributed by atoms with Gasteiger partial charge >= 0.3 is 6.09 Å². The molecule has 3 N–H and O–H groups in total. The zero-order valence-electron chi connectivity index (χ0n) is 20.4. The summed E-state index contributed by atoms with van der Waals surface area (Å²) in [5.74, 6) is 0.972. The molecule has 1 fully saturated rings. The Bertz CT molecular complexity index is 752. The van der Waals surface area contributed by atoms with E-state index in [4.69, 9.17) is 15.2 Å². The van der Waals surface area contributed by atoms with Crippen LogP contribution in [0.1, 0.15) is 57.9 Å². The summed E-state index contributed by atoms with van der Waals surface area (Å²) in [6.45, 7) is 5.39. The van der Waals surface area contributed by atoms with Crippen molar-refractivity contribution in [2.75, 3.05) is 34.3 Å². The first kappa shape index (κ1) is 26.1. The number of carbonyl (C=O) groups is 2. The summed E-state index contributed by atoms with van der Waals surface area (Å²) in [5, 5.41) is 2.46. The Labute approximate surface area is 193 Å². The minimum atomic E-state index is -0.813. The molecule has 2 amide bonds. The highest BCUT2D eigenvalue weighted by molar-refractivity contribution is 5.92. The van der Waals surface area contributed by atoms with E-state index in [1.807, 2.05) is 38.4 Å². The average molecular weight is 448 g/mol. The molecule has 0 bridgehead atoms. The zero-order valence-corrected chi connectivity index (χ0v) is 20.4. The maximum absolute atomic E-state index is 12.9. The molecule has 0 aliphatic heterocycles. The van der Waals surface area contributed by atoms with Gasteiger partial charge in [-0.25, -0.2) is 4.79 Å². The molecule has 1 aromatic carbocycles. The van der Waals surface area contributed by atoms with E-state index >= 15 is 0 Å². The first-order valence-corrected chi connectivity index (χ1v) is 11.7. The first-order valence-electron chi connectivity index (χ1n) is 11.7. The van der Waals surface area contributed by atoms with Gasteiger partial charge in [0.25, 0.3) is 0 Å². The van der Waals surface area contributed by atoms with E-state index in [0.717, 1.165) is 43.5 Å². The van der Waals surface area contributed by atoms with Crippen molar-refractivity contribution in [3.05, 3.63) is 29.8 Å². The van der Waals surface area contributed by atoms with Gasteiger partial charge in [-0.1, -0.05) is 32.4 Å². The third-order valence-electron chi connectivity index (χ3n) is 6.28. The van der Waals surface area contributed by atoms with E-state index in [2.05, 4.69) is 24.1 Å². The number of carbonyl (C=O) groups excluding carboxylic acids is 2. The van der Waals surface area contributed by atoms with Crippen LogP contribution >= 0.6 is 0 Å². The fourth-order valence-corrected chi connectivity index (χ4v) is 4.90. The smallest absolute Gasteiger partial charge is 0.414 e. The van der Waals surface area contributed by atoms with Crippen molar-refractivity contribution in [1.29, 1.82) is 0 Å². The lowest BCUT2D eigenvalue weighted by molar-refractivity contribution is -0.123. The number of hydrogen-bond donors (Lipinski definition) is 2. The molecule has 0 radical (unpaired) electrons. The highest BCUT2D eigenvalue weighted by Crippen LogP contribution is 2.46. The normalized spacial score (nSPS) is 21.9. The largest absolute Gasteiger partial charge is 0.497 e. The van der Waals surface area contributed by atoms with E-state index < -0.39 is 11.7 Å². The molecule has 0 heterocycles. The Balaban J connectivity index is 2.24. The van der Waals surface area contributed by atoms with Crippen LogP contribution in [0.15, 0.2) is 24.3 Å². The van der Waals surface area contributed by atoms with E-state index in [9.17, 15) is 9.59 Å². The maximum atomic E-state index is 12.9. The molecule has 0 aromatic heterocycles. The number of imide groups is 1. The van der Waals surface area contributed by atoms with Gasteiger partial charge < -0.3 is 20.1 Å². The highest BCUT2D eigenvalue weighted by atomic mass is 16.6. The number of benzene rings is 1. The van der Waals surface area contributed by atoms with E-state index in [1.54, 1.807) is 7.11 Å². The number of rotatable bonds is 10. The molecular formula is C25H41N3O4. The van der Waals surface area contributed by atoms with Crippen molar-refractivity contribution in [2.24, 2.45) is 23.5 Å². The Morgan fingerprint density at radius 2 is 2.03 bits per heavy atom. The predicted octanol–water partition coefficient (Wildman–Crippen LogP) is 3.91. The lowest BCUT2D eigenvalue weighted by atomic mass is 9.71. The molecule has 7 nitrogen and oxygen atoms in total. The lowest BCUT2D eigenvalue weighted by Crippen LogP contribution is -2.48. The van der Waals surface area contributed by atoms with Crippen LogP contribution in [0.5, 0.6) is 5.75 Å². The summed E-state index contributed by atoms with van der Waals surface area (Å²) in [6.07, 6.45) is 4.06. The minimum absolute atomic E-state index is 0.0475. The van der Waals surface area contributed by atoms with Crippen molar-refractivity contribution in [3.8, 4) is 5.75 Å². The molecule has 1 aromatic rings. The standard InChI is InChI=1S/C25H41N3O4/c1-18(2)13-19(16-26)14-23(29)27-24(30)32-25(20-10-8-11-22(15-20)31-5)12-7-6-9-21(25)17-28(3)4/h8,10-11,15,18-19,21H,6-7,9,12-14,16-17,26H2,1-5H3,(H,27,29,30). The van der Waals surface area contributed by atoms with Gasteiger partial charge in [-0.05, 0) is 75.9 Å². The Morgan fingerprint density at radius 1 is 1.28 bits per heavy atom. The van der Waals surface area contributed by atoms with Crippen LogP contribution < -0.4 is 15.8 Å². The summed E-state index contributed by atoms with van der Waals surface area (Å²) >= 11 is 0. The fraction of sp³-hybridized carbons (Fsp3) is 0.680. The number of amides is 2. The van der Waals surface area contributed by atoms with Crippen LogP contribution in [0.4, 0.5) is 4.79 Å². The molecule has 1 aliphatic rings. The van der Waals surface area contributed by atoms with Crippen LogP contribution in [-0.4, -0.2) is 51.2 Å². The third kappa shape index (κ3) is 7.20. The molecule has 3 atom stereocenters. The molecule has 3 unspecified atom stereocenters. The van der Waals surface area contributed by atoms with Gasteiger partial charge in [0.05, 0.1) is 7.11 Å². The van der Waals surface area contributed by atoms with Crippen molar-refractivity contribution in [2.45, 2.75) is 58.0 Å². The summed E-state index contributed by atoms with van der Waals surface area (Å²) in [7, 11) is 5.67. The number of nitrogens with two attached hydrogens (primary N) is 1.